The van der Waals surface area contributed by atoms with Gasteiger partial charge in [0.05, 0.1) is 19.2 Å². The lowest BCUT2D eigenvalue weighted by Gasteiger charge is -2.34. The molecule has 14 heteroatoms. The molecule has 1 unspecified atom stereocenters. The first kappa shape index (κ1) is 31.2. The molecule has 42 heavy (non-hydrogen) atoms. The Bertz CT molecular complexity index is 1410. The van der Waals surface area contributed by atoms with E-state index in [0.717, 1.165) is 17.3 Å². The van der Waals surface area contributed by atoms with Crippen molar-refractivity contribution in [2.45, 2.75) is 58.5 Å². The molecule has 3 aromatic rings. The number of nitrogens with one attached hydrogen (secondary N) is 1. The first-order chi connectivity index (χ1) is 19.7. The Kier molecular flexibility index (Phi) is 9.36. The van der Waals surface area contributed by atoms with Crippen LogP contribution in [0.5, 0.6) is 5.75 Å². The lowest BCUT2D eigenvalue weighted by atomic mass is 10.1. The van der Waals surface area contributed by atoms with Crippen molar-refractivity contribution >= 4 is 23.3 Å². The molecule has 3 heterocycles. The first-order valence-electron chi connectivity index (χ1n) is 13.2. The molecular weight excluding hydrogens is 575 g/mol. The van der Waals surface area contributed by atoms with E-state index < -0.39 is 41.7 Å². The van der Waals surface area contributed by atoms with E-state index >= 15 is 0 Å². The minimum Gasteiger partial charge on any atom is -0.491 e. The molecule has 4 rings (SSSR count). The van der Waals surface area contributed by atoms with Gasteiger partial charge in [0.15, 0.2) is 0 Å². The average Bonchev–Trinajstić information content (AvgIpc) is 3.37. The Labute approximate surface area is 245 Å². The summed E-state index contributed by atoms with van der Waals surface area (Å²) in [6.45, 7) is 10.0. The third-order valence-electron chi connectivity index (χ3n) is 6.04. The van der Waals surface area contributed by atoms with Crippen LogP contribution in [-0.2, 0) is 15.7 Å². The second kappa shape index (κ2) is 12.6. The highest BCUT2D eigenvalue weighted by atomic mass is 32.1. The highest BCUT2D eigenvalue weighted by Gasteiger charge is 2.34. The van der Waals surface area contributed by atoms with Crippen molar-refractivity contribution in [3.05, 3.63) is 58.6 Å². The Hall–Kier alpha value is -3.78. The average molecular weight is 608 g/mol. The van der Waals surface area contributed by atoms with Gasteiger partial charge in [-0.05, 0) is 52.8 Å². The number of thiazole rings is 1. The minimum atomic E-state index is -4.66. The van der Waals surface area contributed by atoms with Crippen LogP contribution in [0.15, 0.2) is 36.8 Å². The molecule has 1 aromatic carbocycles. The third-order valence-corrected chi connectivity index (χ3v) is 7.00. The fourth-order valence-corrected chi connectivity index (χ4v) is 4.75. The lowest BCUT2D eigenvalue weighted by molar-refractivity contribution is -0.145. The summed E-state index contributed by atoms with van der Waals surface area (Å²) < 4.78 is 55.8. The monoisotopic (exact) mass is 607 g/mol. The summed E-state index contributed by atoms with van der Waals surface area (Å²) in [5.74, 6) is -1.35. The summed E-state index contributed by atoms with van der Waals surface area (Å²) in [5.41, 5.74) is 0.601. The minimum absolute atomic E-state index is 0.111. The number of nitrogens with zero attached hydrogens (tertiary/aromatic N) is 4. The molecule has 0 radical (unpaired) electrons. The number of amides is 2. The van der Waals surface area contributed by atoms with Gasteiger partial charge in [-0.3, -0.25) is 4.79 Å². The number of rotatable bonds is 7. The Morgan fingerprint density at radius 1 is 1.14 bits per heavy atom. The van der Waals surface area contributed by atoms with Gasteiger partial charge in [-0.2, -0.15) is 13.2 Å². The second-order valence-electron chi connectivity index (χ2n) is 10.8. The maximum absolute atomic E-state index is 13.2. The second-order valence-corrected chi connectivity index (χ2v) is 12.0. The van der Waals surface area contributed by atoms with Gasteiger partial charge in [0.2, 0.25) is 5.82 Å². The predicted octanol–water partition coefficient (Wildman–Crippen LogP) is 5.43. The van der Waals surface area contributed by atoms with E-state index in [0.29, 0.717) is 35.0 Å². The van der Waals surface area contributed by atoms with E-state index in [1.54, 1.807) is 57.0 Å². The Balaban J connectivity index is 1.48. The number of alkyl halides is 3. The van der Waals surface area contributed by atoms with E-state index in [9.17, 15) is 22.8 Å². The van der Waals surface area contributed by atoms with Gasteiger partial charge >= 0.3 is 12.3 Å². The van der Waals surface area contributed by atoms with Gasteiger partial charge in [0.25, 0.3) is 5.91 Å². The summed E-state index contributed by atoms with van der Waals surface area (Å²) in [7, 11) is 0. The maximum Gasteiger partial charge on any atom is 0.451 e. The van der Waals surface area contributed by atoms with E-state index in [4.69, 9.17) is 14.2 Å². The number of aromatic nitrogens is 3. The fourth-order valence-electron chi connectivity index (χ4n) is 4.00. The standard InChI is InChI=1S/C28H32F3N5O5S/c1-16-11-32-24(42-16)19-8-18(23(37)35-17(2)20-12-33-25(34-13-20)28(29,30)31)9-21(10-19)40-15-22-14-36(6-7-39-22)26(38)41-27(3,4)5/h8-13,17,22H,6-7,14-15H2,1-5H3,(H,35,37)/t17-,22?/m1/s1. The molecule has 1 fully saturated rings. The lowest BCUT2D eigenvalue weighted by Crippen LogP contribution is -2.49. The number of morpholine rings is 1. The predicted molar refractivity (Wildman–Crippen MR) is 148 cm³/mol. The summed E-state index contributed by atoms with van der Waals surface area (Å²) in [6, 6.07) is 4.31. The largest absolute Gasteiger partial charge is 0.491 e. The highest BCUT2D eigenvalue weighted by molar-refractivity contribution is 7.14. The number of aryl methyl sites for hydroxylation is 1. The molecule has 10 nitrogen and oxygen atoms in total. The zero-order chi connectivity index (χ0) is 30.7. The van der Waals surface area contributed by atoms with E-state index in [-0.39, 0.29) is 18.7 Å². The molecular formula is C28H32F3N5O5S. The number of ether oxygens (including phenoxy) is 3. The van der Waals surface area contributed by atoms with Crippen molar-refractivity contribution in [2.24, 2.45) is 0 Å². The van der Waals surface area contributed by atoms with Crippen LogP contribution in [0.2, 0.25) is 0 Å². The van der Waals surface area contributed by atoms with Crippen LogP contribution >= 0.6 is 11.3 Å². The van der Waals surface area contributed by atoms with Gasteiger partial charge in [0.1, 0.15) is 29.1 Å². The molecule has 1 aliphatic heterocycles. The molecule has 1 saturated heterocycles. The van der Waals surface area contributed by atoms with Crippen LogP contribution in [-0.4, -0.2) is 69.9 Å². The van der Waals surface area contributed by atoms with Crippen LogP contribution in [0.1, 0.15) is 60.4 Å². The summed E-state index contributed by atoms with van der Waals surface area (Å²) in [6.07, 6.45) is -1.71. The van der Waals surface area contributed by atoms with Gasteiger partial charge < -0.3 is 24.4 Å². The number of halogens is 3. The quantitative estimate of drug-likeness (QED) is 0.378. The molecule has 0 bridgehead atoms. The maximum atomic E-state index is 13.2. The van der Waals surface area contributed by atoms with Crippen molar-refractivity contribution in [3.63, 3.8) is 0 Å². The molecule has 0 saturated carbocycles. The smallest absolute Gasteiger partial charge is 0.451 e. The molecule has 2 amide bonds. The van der Waals surface area contributed by atoms with Gasteiger partial charge in [-0.1, -0.05) is 0 Å². The van der Waals surface area contributed by atoms with E-state index in [1.807, 2.05) is 6.92 Å². The number of carbonyl (C=O) groups excluding carboxylic acids is 2. The van der Waals surface area contributed by atoms with Crippen LogP contribution < -0.4 is 10.1 Å². The van der Waals surface area contributed by atoms with Crippen molar-refractivity contribution in [1.82, 2.24) is 25.2 Å². The van der Waals surface area contributed by atoms with Crippen LogP contribution in [0, 0.1) is 6.92 Å². The summed E-state index contributed by atoms with van der Waals surface area (Å²) in [5, 5.41) is 3.45. The fraction of sp³-hybridized carbons (Fsp3) is 0.464. The first-order valence-corrected chi connectivity index (χ1v) is 14.0. The van der Waals surface area contributed by atoms with Crippen LogP contribution in [0.25, 0.3) is 10.6 Å². The SMILES string of the molecule is Cc1cnc(-c2cc(OCC3CN(C(=O)OC(C)(C)C)CCO3)cc(C(=O)N[C@H](C)c3cnc(C(F)(F)F)nc3)c2)s1. The molecule has 2 atom stereocenters. The van der Waals surface area contributed by atoms with Crippen molar-refractivity contribution in [1.29, 1.82) is 0 Å². The highest BCUT2D eigenvalue weighted by Crippen LogP contribution is 2.30. The molecule has 1 aliphatic rings. The van der Waals surface area contributed by atoms with E-state index in [2.05, 4.69) is 20.3 Å². The Morgan fingerprint density at radius 2 is 1.86 bits per heavy atom. The van der Waals surface area contributed by atoms with Crippen molar-refractivity contribution < 1.29 is 37.0 Å². The summed E-state index contributed by atoms with van der Waals surface area (Å²) >= 11 is 1.45. The molecule has 226 valence electrons. The summed E-state index contributed by atoms with van der Waals surface area (Å²) in [4.78, 5) is 39.5. The number of benzene rings is 1. The van der Waals surface area contributed by atoms with Crippen molar-refractivity contribution in [2.75, 3.05) is 26.3 Å². The van der Waals surface area contributed by atoms with Gasteiger partial charge in [-0.25, -0.2) is 19.7 Å². The Morgan fingerprint density at radius 3 is 2.48 bits per heavy atom. The molecule has 1 N–H and O–H groups in total. The third kappa shape index (κ3) is 8.38. The zero-order valence-corrected chi connectivity index (χ0v) is 24.6. The van der Waals surface area contributed by atoms with E-state index in [1.165, 1.54) is 11.3 Å². The number of carbonyl (C=O) groups is 2. The van der Waals surface area contributed by atoms with Crippen molar-refractivity contribution in [3.8, 4) is 16.3 Å². The van der Waals surface area contributed by atoms with Crippen LogP contribution in [0.3, 0.4) is 0 Å². The number of hydrogen-bond donors (Lipinski definition) is 1. The molecule has 2 aromatic heterocycles. The van der Waals surface area contributed by atoms with Gasteiger partial charge in [0, 0.05) is 46.7 Å². The molecule has 0 aliphatic carbocycles. The zero-order valence-electron chi connectivity index (χ0n) is 23.8. The van der Waals surface area contributed by atoms with Gasteiger partial charge in [-0.15, -0.1) is 11.3 Å². The topological polar surface area (TPSA) is 116 Å². The normalized spacial score (nSPS) is 16.6. The molecule has 0 spiro atoms. The number of hydrogen-bond acceptors (Lipinski definition) is 9. The van der Waals surface area contributed by atoms with Crippen LogP contribution in [0.4, 0.5) is 18.0 Å².